The molecule has 0 saturated carbocycles. The molecule has 2 unspecified atom stereocenters. The van der Waals surface area contributed by atoms with E-state index in [2.05, 4.69) is 29.9 Å². The van der Waals surface area contributed by atoms with Gasteiger partial charge in [0.25, 0.3) is 0 Å². The molecule has 2 atom stereocenters. The van der Waals surface area contributed by atoms with E-state index in [1.54, 1.807) is 19.5 Å². The Labute approximate surface area is 199 Å². The molecule has 7 rings (SSSR count). The first-order valence-corrected chi connectivity index (χ1v) is 11.2. The number of hydrogen-bond donors (Lipinski definition) is 1. The number of rotatable bonds is 6. The van der Waals surface area contributed by atoms with E-state index in [9.17, 15) is 14.3 Å². The van der Waals surface area contributed by atoms with Crippen LogP contribution in [0.3, 0.4) is 0 Å². The van der Waals surface area contributed by atoms with Crippen molar-refractivity contribution < 1.29 is 19.0 Å². The van der Waals surface area contributed by atoms with Crippen molar-refractivity contribution in [3.63, 3.8) is 0 Å². The van der Waals surface area contributed by atoms with Gasteiger partial charge in [-0.1, -0.05) is 6.07 Å². The zero-order valence-electron chi connectivity index (χ0n) is 18.9. The van der Waals surface area contributed by atoms with Crippen LogP contribution in [0.4, 0.5) is 10.2 Å². The van der Waals surface area contributed by atoms with Gasteiger partial charge >= 0.3 is 0 Å². The van der Waals surface area contributed by atoms with Gasteiger partial charge < -0.3 is 14.7 Å². The Balaban J connectivity index is 1.19. The van der Waals surface area contributed by atoms with Crippen molar-refractivity contribution in [2.75, 3.05) is 25.1 Å². The summed E-state index contributed by atoms with van der Waals surface area (Å²) in [7, 11) is 1.61. The largest absolute Gasteiger partial charge is 0.506 e. The number of piperidine rings is 1. The van der Waals surface area contributed by atoms with Gasteiger partial charge in [-0.2, -0.15) is 4.39 Å². The first-order valence-electron chi connectivity index (χ1n) is 11.2. The van der Waals surface area contributed by atoms with Crippen molar-refractivity contribution in [2.45, 2.75) is 25.0 Å². The number of methoxy groups -OCH3 is 1. The normalized spacial score (nSPS) is 19.5. The Morgan fingerprint density at radius 1 is 1.17 bits per heavy atom. The van der Waals surface area contributed by atoms with E-state index in [0.717, 1.165) is 42.0 Å². The third-order valence-corrected chi connectivity index (χ3v) is 6.78. The van der Waals surface area contributed by atoms with Crippen LogP contribution < -0.4 is 9.64 Å². The Morgan fingerprint density at radius 2 is 2.00 bits per heavy atom. The highest BCUT2D eigenvalue weighted by atomic mass is 19.1. The lowest BCUT2D eigenvalue weighted by Crippen LogP contribution is -2.68. The number of aromatic nitrogens is 5. The zero-order chi connectivity index (χ0) is 24.1. The summed E-state index contributed by atoms with van der Waals surface area (Å²) in [5, 5.41) is 13.7. The highest BCUT2D eigenvalue weighted by Crippen LogP contribution is 2.36. The molecule has 1 N–H and O–H groups in total. The van der Waals surface area contributed by atoms with Gasteiger partial charge in [-0.05, 0) is 18.1 Å². The van der Waals surface area contributed by atoms with Crippen LogP contribution in [0.2, 0.25) is 0 Å². The van der Waals surface area contributed by atoms with E-state index in [1.165, 1.54) is 12.3 Å². The number of pyridine rings is 2. The number of fused-ring (bicyclic) bond motifs is 3. The predicted molar refractivity (Wildman–Crippen MR) is 124 cm³/mol. The van der Waals surface area contributed by atoms with E-state index in [1.807, 2.05) is 18.3 Å². The van der Waals surface area contributed by atoms with Crippen molar-refractivity contribution in [3.8, 4) is 22.9 Å². The number of hydrogen-bond acceptors (Lipinski definition) is 9. The third-order valence-electron chi connectivity index (χ3n) is 6.78. The van der Waals surface area contributed by atoms with E-state index >= 15 is 0 Å². The number of halogens is 1. The molecule has 35 heavy (non-hydrogen) atoms. The predicted octanol–water partition coefficient (Wildman–Crippen LogP) is 2.32. The molecule has 3 fully saturated rings. The van der Waals surface area contributed by atoms with Crippen LogP contribution in [0.1, 0.15) is 22.3 Å². The summed E-state index contributed by atoms with van der Waals surface area (Å²) in [5.41, 5.74) is 1.99. The molecule has 7 heterocycles. The van der Waals surface area contributed by atoms with E-state index in [0.29, 0.717) is 35.5 Å². The van der Waals surface area contributed by atoms with Crippen molar-refractivity contribution in [1.82, 2.24) is 29.5 Å². The molecule has 10 nitrogen and oxygen atoms in total. The molecule has 4 aromatic rings. The van der Waals surface area contributed by atoms with Crippen molar-refractivity contribution in [3.05, 3.63) is 60.1 Å². The number of ether oxygens (including phenoxy) is 1. The molecular formula is C24H22FN7O3. The average molecular weight is 475 g/mol. The van der Waals surface area contributed by atoms with Crippen molar-refractivity contribution in [2.24, 2.45) is 0 Å². The Hall–Kier alpha value is -4.12. The zero-order valence-corrected chi connectivity index (χ0v) is 18.9. The Bertz CT molecular complexity index is 1400. The lowest BCUT2D eigenvalue weighted by molar-refractivity contribution is -0.00879. The molecule has 0 aliphatic carbocycles. The van der Waals surface area contributed by atoms with E-state index < -0.39 is 5.95 Å². The Kier molecular flexibility index (Phi) is 5.06. The fourth-order valence-corrected chi connectivity index (χ4v) is 5.05. The number of piperazine rings is 1. The summed E-state index contributed by atoms with van der Waals surface area (Å²) in [5.74, 6) is 0.333. The van der Waals surface area contributed by atoms with Crippen molar-refractivity contribution in [1.29, 1.82) is 0 Å². The van der Waals surface area contributed by atoms with Gasteiger partial charge in [0.05, 0.1) is 42.5 Å². The van der Waals surface area contributed by atoms with Gasteiger partial charge in [0.1, 0.15) is 11.6 Å². The fourth-order valence-electron chi connectivity index (χ4n) is 5.05. The molecule has 0 amide bonds. The maximum atomic E-state index is 14.1. The number of nitrogens with zero attached hydrogens (tertiary/aromatic N) is 7. The van der Waals surface area contributed by atoms with E-state index in [-0.39, 0.29) is 16.8 Å². The molecule has 3 aliphatic heterocycles. The van der Waals surface area contributed by atoms with Crippen LogP contribution in [0, 0.1) is 5.95 Å². The minimum absolute atomic E-state index is 0.124. The molecule has 11 heteroatoms. The smallest absolute Gasteiger partial charge is 0.244 e. The summed E-state index contributed by atoms with van der Waals surface area (Å²) in [4.78, 5) is 29.5. The molecular weight excluding hydrogens is 453 g/mol. The second kappa shape index (κ2) is 8.27. The van der Waals surface area contributed by atoms with Crippen LogP contribution >= 0.6 is 0 Å². The molecule has 2 bridgehead atoms. The highest BCUT2D eigenvalue weighted by Gasteiger charge is 2.44. The second-order valence-corrected chi connectivity index (χ2v) is 8.82. The number of aromatic hydroxyl groups is 1. The van der Waals surface area contributed by atoms with Gasteiger partial charge in [0.2, 0.25) is 11.8 Å². The number of anilines is 1. The molecule has 4 aromatic heterocycles. The average Bonchev–Trinajstić information content (AvgIpc) is 3.21. The Morgan fingerprint density at radius 3 is 2.66 bits per heavy atom. The fraction of sp³-hybridized carbons (Fsp3) is 0.292. The summed E-state index contributed by atoms with van der Waals surface area (Å²) >= 11 is 0. The van der Waals surface area contributed by atoms with Gasteiger partial charge in [-0.15, -0.1) is 5.10 Å². The van der Waals surface area contributed by atoms with Crippen LogP contribution in [-0.4, -0.2) is 73.1 Å². The number of carbonyl (C=O) groups is 1. The summed E-state index contributed by atoms with van der Waals surface area (Å²) in [6.07, 6.45) is 7.90. The molecule has 0 aromatic carbocycles. The molecule has 3 aliphatic rings. The maximum Gasteiger partial charge on any atom is 0.244 e. The maximum absolute atomic E-state index is 14.1. The monoisotopic (exact) mass is 475 g/mol. The van der Waals surface area contributed by atoms with E-state index in [4.69, 9.17) is 4.74 Å². The quantitative estimate of drug-likeness (QED) is 0.420. The number of aldehydes is 1. The SMILES string of the molecule is COc1ccc(CN2C3CC2CN(c2cnc(-c4cc(O)cn5nc(F)c(C=O)c45)cn2)C3)cn1. The molecule has 0 radical (unpaired) electrons. The minimum Gasteiger partial charge on any atom is -0.506 e. The van der Waals surface area contributed by atoms with Crippen LogP contribution in [0.15, 0.2) is 43.0 Å². The van der Waals surface area contributed by atoms with Crippen LogP contribution in [0.5, 0.6) is 11.6 Å². The second-order valence-electron chi connectivity index (χ2n) is 8.82. The summed E-state index contributed by atoms with van der Waals surface area (Å²) in [6, 6.07) is 6.20. The molecule has 3 saturated heterocycles. The topological polar surface area (TPSA) is 109 Å². The van der Waals surface area contributed by atoms with Crippen molar-refractivity contribution >= 4 is 17.6 Å². The summed E-state index contributed by atoms with van der Waals surface area (Å²) in [6.45, 7) is 2.53. The lowest BCUT2D eigenvalue weighted by Gasteiger charge is -2.56. The van der Waals surface area contributed by atoms with Gasteiger partial charge in [0.15, 0.2) is 6.29 Å². The molecule has 0 spiro atoms. The van der Waals surface area contributed by atoms with Gasteiger partial charge in [-0.25, -0.2) is 14.5 Å². The highest BCUT2D eigenvalue weighted by molar-refractivity contribution is 5.94. The van der Waals surface area contributed by atoms with Crippen LogP contribution in [-0.2, 0) is 6.54 Å². The van der Waals surface area contributed by atoms with Crippen LogP contribution in [0.25, 0.3) is 16.8 Å². The first kappa shape index (κ1) is 21.4. The third kappa shape index (κ3) is 3.64. The van der Waals surface area contributed by atoms with Gasteiger partial charge in [-0.3, -0.25) is 14.7 Å². The lowest BCUT2D eigenvalue weighted by atomic mass is 9.87. The number of carbonyl (C=O) groups excluding carboxylic acids is 1. The minimum atomic E-state index is -0.904. The standard InChI is InChI=1S/C24H22FN7O3/c1-35-22-3-2-14(6-28-22)9-31-15-4-16(31)11-30(10-15)21-8-26-20(7-27-21)18-5-17(34)12-32-23(18)19(13-33)24(25)29-32/h2-3,5-8,12-13,15-16,34H,4,9-11H2,1H3. The molecule has 178 valence electrons. The van der Waals surface area contributed by atoms with Gasteiger partial charge in [0, 0.05) is 49.5 Å². The first-order chi connectivity index (χ1) is 17.0. The summed E-state index contributed by atoms with van der Waals surface area (Å²) < 4.78 is 20.4.